The van der Waals surface area contributed by atoms with E-state index in [9.17, 15) is 0 Å². The zero-order valence-corrected chi connectivity index (χ0v) is 6.56. The summed E-state index contributed by atoms with van der Waals surface area (Å²) in [5.41, 5.74) is 0. The molecule has 0 saturated heterocycles. The average molecular weight is 154 g/mol. The number of ether oxygens (including phenoxy) is 1. The van der Waals surface area contributed by atoms with Crippen molar-refractivity contribution in [1.82, 2.24) is 0 Å². The van der Waals surface area contributed by atoms with Crippen molar-refractivity contribution in [2.24, 2.45) is 0 Å². The fourth-order valence-corrected chi connectivity index (χ4v) is 1.28. The van der Waals surface area contributed by atoms with E-state index in [2.05, 4.69) is 12.6 Å². The maximum absolute atomic E-state index is 5.22. The number of hydrogen-bond donors (Lipinski definition) is 0. The third kappa shape index (κ3) is 2.33. The van der Waals surface area contributed by atoms with Crippen LogP contribution in [0.4, 0.5) is 0 Å². The molecule has 1 heterocycles. The molecule has 0 aliphatic heterocycles. The summed E-state index contributed by atoms with van der Waals surface area (Å²) in [4.78, 5) is 1.27. The molecule has 2 heteroatoms. The fraction of sp³-hybridized carbons (Fsp3) is 0.250. The normalized spacial score (nSPS) is 9.60. The minimum Gasteiger partial charge on any atom is -0.372 e. The van der Waals surface area contributed by atoms with Gasteiger partial charge in [0.05, 0.1) is 13.2 Å². The number of hydrogen-bond acceptors (Lipinski definition) is 2. The van der Waals surface area contributed by atoms with Crippen LogP contribution in [0.15, 0.2) is 30.2 Å². The molecule has 0 aliphatic rings. The molecule has 1 aromatic rings. The van der Waals surface area contributed by atoms with Gasteiger partial charge in [-0.25, -0.2) is 0 Å². The van der Waals surface area contributed by atoms with E-state index in [-0.39, 0.29) is 0 Å². The third-order valence-corrected chi connectivity index (χ3v) is 1.91. The molecule has 0 spiro atoms. The Hall–Kier alpha value is -0.600. The highest BCUT2D eigenvalue weighted by molar-refractivity contribution is 7.09. The van der Waals surface area contributed by atoms with Gasteiger partial charge in [-0.15, -0.1) is 17.9 Å². The Labute approximate surface area is 65.0 Å². The molecule has 0 N–H and O–H groups in total. The van der Waals surface area contributed by atoms with Gasteiger partial charge in [-0.3, -0.25) is 0 Å². The lowest BCUT2D eigenvalue weighted by atomic mass is 10.5. The summed E-state index contributed by atoms with van der Waals surface area (Å²) >= 11 is 1.71. The molecule has 1 rings (SSSR count). The predicted octanol–water partition coefficient (Wildman–Crippen LogP) is 2.45. The summed E-state index contributed by atoms with van der Waals surface area (Å²) in [6.45, 7) is 4.91. The Morgan fingerprint density at radius 3 is 3.20 bits per heavy atom. The quantitative estimate of drug-likeness (QED) is 0.478. The van der Waals surface area contributed by atoms with E-state index < -0.39 is 0 Å². The van der Waals surface area contributed by atoms with Crippen LogP contribution in [-0.4, -0.2) is 6.61 Å². The molecule has 0 amide bonds. The van der Waals surface area contributed by atoms with Gasteiger partial charge < -0.3 is 4.74 Å². The lowest BCUT2D eigenvalue weighted by molar-refractivity contribution is 0.151. The van der Waals surface area contributed by atoms with Gasteiger partial charge in [0.1, 0.15) is 0 Å². The van der Waals surface area contributed by atoms with Gasteiger partial charge in [0, 0.05) is 4.88 Å². The first-order chi connectivity index (χ1) is 4.93. The summed E-state index contributed by atoms with van der Waals surface area (Å²) in [5, 5.41) is 2.05. The maximum Gasteiger partial charge on any atom is 0.0813 e. The molecule has 0 unspecified atom stereocenters. The van der Waals surface area contributed by atoms with Crippen LogP contribution < -0.4 is 0 Å². The molecule has 0 bridgehead atoms. The highest BCUT2D eigenvalue weighted by atomic mass is 32.1. The van der Waals surface area contributed by atoms with Crippen molar-refractivity contribution in [3.63, 3.8) is 0 Å². The smallest absolute Gasteiger partial charge is 0.0813 e. The SMILES string of the molecule is C=CCOCc1cccs1. The molecule has 54 valence electrons. The van der Waals surface area contributed by atoms with Crippen LogP contribution >= 0.6 is 11.3 Å². The van der Waals surface area contributed by atoms with Crippen LogP contribution in [0.2, 0.25) is 0 Å². The minimum absolute atomic E-state index is 0.637. The van der Waals surface area contributed by atoms with Gasteiger partial charge in [-0.2, -0.15) is 0 Å². The molecule has 0 radical (unpaired) electrons. The largest absolute Gasteiger partial charge is 0.372 e. The minimum atomic E-state index is 0.637. The second-order valence-electron chi connectivity index (χ2n) is 1.88. The van der Waals surface area contributed by atoms with Crippen LogP contribution in [0, 0.1) is 0 Å². The second kappa shape index (κ2) is 4.25. The molecule has 1 nitrogen and oxygen atoms in total. The standard InChI is InChI=1S/C8H10OS/c1-2-5-9-7-8-4-3-6-10-8/h2-4,6H,1,5,7H2. The zero-order valence-electron chi connectivity index (χ0n) is 5.75. The highest BCUT2D eigenvalue weighted by Crippen LogP contribution is 2.08. The van der Waals surface area contributed by atoms with Gasteiger partial charge in [0.25, 0.3) is 0 Å². The van der Waals surface area contributed by atoms with Crippen molar-refractivity contribution < 1.29 is 4.74 Å². The first kappa shape index (κ1) is 7.51. The molecule has 1 aromatic heterocycles. The van der Waals surface area contributed by atoms with E-state index in [1.807, 2.05) is 11.4 Å². The lowest BCUT2D eigenvalue weighted by Crippen LogP contribution is -1.88. The Morgan fingerprint density at radius 1 is 1.70 bits per heavy atom. The van der Waals surface area contributed by atoms with Crippen LogP contribution in [0.1, 0.15) is 4.88 Å². The van der Waals surface area contributed by atoms with Crippen LogP contribution in [0.25, 0.3) is 0 Å². The molecule has 0 aliphatic carbocycles. The van der Waals surface area contributed by atoms with Gasteiger partial charge >= 0.3 is 0 Å². The van der Waals surface area contributed by atoms with Crippen molar-refractivity contribution >= 4 is 11.3 Å². The Morgan fingerprint density at radius 2 is 2.60 bits per heavy atom. The highest BCUT2D eigenvalue weighted by Gasteiger charge is 1.89. The third-order valence-electron chi connectivity index (χ3n) is 1.06. The molecule has 0 atom stereocenters. The topological polar surface area (TPSA) is 9.23 Å². The van der Waals surface area contributed by atoms with E-state index in [1.165, 1.54) is 4.88 Å². The van der Waals surface area contributed by atoms with Gasteiger partial charge in [0.15, 0.2) is 0 Å². The lowest BCUT2D eigenvalue weighted by Gasteiger charge is -1.95. The monoisotopic (exact) mass is 154 g/mol. The fourth-order valence-electron chi connectivity index (χ4n) is 0.638. The number of thiophene rings is 1. The Kier molecular flexibility index (Phi) is 3.19. The number of rotatable bonds is 4. The summed E-state index contributed by atoms with van der Waals surface area (Å²) < 4.78 is 5.22. The van der Waals surface area contributed by atoms with Crippen LogP contribution in [0.3, 0.4) is 0 Å². The van der Waals surface area contributed by atoms with Crippen molar-refractivity contribution in [2.45, 2.75) is 6.61 Å². The van der Waals surface area contributed by atoms with E-state index in [0.717, 1.165) is 0 Å². The van der Waals surface area contributed by atoms with Crippen LogP contribution in [-0.2, 0) is 11.3 Å². The second-order valence-corrected chi connectivity index (χ2v) is 2.92. The molecule has 0 saturated carbocycles. The van der Waals surface area contributed by atoms with Crippen molar-refractivity contribution in [3.8, 4) is 0 Å². The average Bonchev–Trinajstić information content (AvgIpc) is 2.41. The Balaban J connectivity index is 2.21. The molecular formula is C8H10OS. The van der Waals surface area contributed by atoms with E-state index >= 15 is 0 Å². The van der Waals surface area contributed by atoms with Gasteiger partial charge in [-0.1, -0.05) is 12.1 Å². The maximum atomic E-state index is 5.22. The van der Waals surface area contributed by atoms with Crippen molar-refractivity contribution in [3.05, 3.63) is 35.0 Å². The van der Waals surface area contributed by atoms with E-state index in [1.54, 1.807) is 17.4 Å². The van der Waals surface area contributed by atoms with E-state index in [0.29, 0.717) is 13.2 Å². The first-order valence-corrected chi connectivity index (χ1v) is 4.02. The molecule has 10 heavy (non-hydrogen) atoms. The van der Waals surface area contributed by atoms with Gasteiger partial charge in [0.2, 0.25) is 0 Å². The zero-order chi connectivity index (χ0) is 7.23. The summed E-state index contributed by atoms with van der Waals surface area (Å²) in [7, 11) is 0. The molecule has 0 aromatic carbocycles. The Bertz CT molecular complexity index is 179. The first-order valence-electron chi connectivity index (χ1n) is 3.14. The van der Waals surface area contributed by atoms with Crippen molar-refractivity contribution in [1.29, 1.82) is 0 Å². The molecule has 0 fully saturated rings. The van der Waals surface area contributed by atoms with Crippen LogP contribution in [0.5, 0.6) is 0 Å². The summed E-state index contributed by atoms with van der Waals surface area (Å²) in [6.07, 6.45) is 1.76. The van der Waals surface area contributed by atoms with Crippen molar-refractivity contribution in [2.75, 3.05) is 6.61 Å². The summed E-state index contributed by atoms with van der Waals surface area (Å²) in [6, 6.07) is 4.09. The van der Waals surface area contributed by atoms with E-state index in [4.69, 9.17) is 4.74 Å². The summed E-state index contributed by atoms with van der Waals surface area (Å²) in [5.74, 6) is 0. The van der Waals surface area contributed by atoms with Gasteiger partial charge in [-0.05, 0) is 11.4 Å². The predicted molar refractivity (Wildman–Crippen MR) is 44.2 cm³/mol. The molecular weight excluding hydrogens is 144 g/mol.